The van der Waals surface area contributed by atoms with Crippen LogP contribution in [0.25, 0.3) is 0 Å². The molecule has 0 aromatic heterocycles. The highest BCUT2D eigenvalue weighted by Crippen LogP contribution is 2.65. The molecule has 2 bridgehead atoms. The van der Waals surface area contributed by atoms with Crippen molar-refractivity contribution in [2.24, 2.45) is 0 Å². The third-order valence-corrected chi connectivity index (χ3v) is 6.85. The Labute approximate surface area is 153 Å². The molecular formula is C21H25NO4. The van der Waals surface area contributed by atoms with E-state index in [9.17, 15) is 5.11 Å². The number of aliphatic hydroxyl groups is 1. The zero-order chi connectivity index (χ0) is 18.3. The van der Waals surface area contributed by atoms with Crippen molar-refractivity contribution in [2.45, 2.75) is 49.3 Å². The molecule has 5 nitrogen and oxygen atoms in total. The van der Waals surface area contributed by atoms with Gasteiger partial charge in [-0.1, -0.05) is 12.6 Å². The Balaban J connectivity index is 1.79. The van der Waals surface area contributed by atoms with E-state index in [1.807, 2.05) is 19.1 Å². The van der Waals surface area contributed by atoms with Crippen LogP contribution in [0, 0.1) is 0 Å². The summed E-state index contributed by atoms with van der Waals surface area (Å²) >= 11 is 0. The summed E-state index contributed by atoms with van der Waals surface area (Å²) in [7, 11) is 3.77. The van der Waals surface area contributed by atoms with Crippen molar-refractivity contribution in [3.8, 4) is 11.5 Å². The molecule has 2 aliphatic carbocycles. The van der Waals surface area contributed by atoms with Gasteiger partial charge in [0.25, 0.3) is 0 Å². The second-order valence-corrected chi connectivity index (χ2v) is 8.09. The van der Waals surface area contributed by atoms with Gasteiger partial charge in [0, 0.05) is 18.0 Å². The van der Waals surface area contributed by atoms with Crippen molar-refractivity contribution in [1.82, 2.24) is 4.90 Å². The highest BCUT2D eigenvalue weighted by molar-refractivity contribution is 5.64. The molecule has 1 aromatic rings. The number of allylic oxidation sites excluding steroid dienone is 1. The normalized spacial score (nSPS) is 36.7. The van der Waals surface area contributed by atoms with E-state index in [2.05, 4.69) is 24.6 Å². The van der Waals surface area contributed by atoms with Gasteiger partial charge in [-0.05, 0) is 51.1 Å². The Hall–Kier alpha value is -1.98. The number of benzene rings is 1. The maximum atomic E-state index is 12.0. The molecule has 4 aliphatic rings. The van der Waals surface area contributed by atoms with E-state index in [1.54, 1.807) is 7.11 Å². The standard InChI is InChI=1S/C21H25NO4/c1-12(2)25-15-7-8-21(23)16-11-13-5-6-14(24-4)18-17(13)20(21,19(15)26-18)9-10-22(16)3/h5-7,16,19,23H,1,8-11H2,2-4H3/t16-,19?,20+,21-/m1/s1. The van der Waals surface area contributed by atoms with E-state index < -0.39 is 11.0 Å². The van der Waals surface area contributed by atoms with Crippen molar-refractivity contribution in [3.05, 3.63) is 47.4 Å². The van der Waals surface area contributed by atoms with Crippen LogP contribution in [-0.2, 0) is 16.6 Å². The van der Waals surface area contributed by atoms with Crippen LogP contribution in [-0.4, -0.2) is 48.5 Å². The van der Waals surface area contributed by atoms with Crippen molar-refractivity contribution in [2.75, 3.05) is 20.7 Å². The summed E-state index contributed by atoms with van der Waals surface area (Å²) in [6.45, 7) is 6.65. The lowest BCUT2D eigenvalue weighted by atomic mass is 9.50. The molecule has 26 heavy (non-hydrogen) atoms. The third kappa shape index (κ3) is 1.68. The minimum atomic E-state index is -0.878. The van der Waals surface area contributed by atoms with E-state index in [0.717, 1.165) is 42.2 Å². The molecule has 1 spiro atoms. The molecule has 5 rings (SSSR count). The number of ether oxygens (including phenoxy) is 3. The van der Waals surface area contributed by atoms with Crippen LogP contribution in [0.1, 0.15) is 30.9 Å². The molecule has 1 unspecified atom stereocenters. The van der Waals surface area contributed by atoms with Gasteiger partial charge >= 0.3 is 0 Å². The first-order chi connectivity index (χ1) is 12.4. The van der Waals surface area contributed by atoms with Crippen LogP contribution in [0.2, 0.25) is 0 Å². The highest BCUT2D eigenvalue weighted by atomic mass is 16.6. The number of hydrogen-bond donors (Lipinski definition) is 1. The number of likely N-dealkylation sites (tertiary alicyclic amines) is 1. The van der Waals surface area contributed by atoms with Gasteiger partial charge in [0.15, 0.2) is 17.6 Å². The van der Waals surface area contributed by atoms with Gasteiger partial charge in [0.2, 0.25) is 0 Å². The maximum absolute atomic E-state index is 12.0. The smallest absolute Gasteiger partial charge is 0.168 e. The largest absolute Gasteiger partial charge is 0.493 e. The second kappa shape index (κ2) is 5.05. The van der Waals surface area contributed by atoms with Crippen molar-refractivity contribution >= 4 is 0 Å². The monoisotopic (exact) mass is 355 g/mol. The van der Waals surface area contributed by atoms with E-state index in [1.165, 1.54) is 5.56 Å². The average Bonchev–Trinajstić information content (AvgIpc) is 2.95. The molecule has 2 heterocycles. The first-order valence-electron chi connectivity index (χ1n) is 9.25. The SMILES string of the molecule is C=C(C)OC1=CC[C@@]2(O)[C@H]3Cc4ccc(OC)c5c4[C@@]2(CCN3C)C1O5. The number of methoxy groups -OCH3 is 1. The maximum Gasteiger partial charge on any atom is 0.168 e. The van der Waals surface area contributed by atoms with Crippen molar-refractivity contribution < 1.29 is 19.3 Å². The third-order valence-electron chi connectivity index (χ3n) is 6.85. The number of piperidine rings is 1. The van der Waals surface area contributed by atoms with Crippen molar-refractivity contribution in [1.29, 1.82) is 0 Å². The summed E-state index contributed by atoms with van der Waals surface area (Å²) in [6.07, 6.45) is 3.85. The molecule has 5 heteroatoms. The summed E-state index contributed by atoms with van der Waals surface area (Å²) in [5.41, 5.74) is 1.00. The molecule has 0 radical (unpaired) electrons. The minimum absolute atomic E-state index is 0.0665. The van der Waals surface area contributed by atoms with Gasteiger partial charge in [-0.25, -0.2) is 0 Å². The summed E-state index contributed by atoms with van der Waals surface area (Å²) in [5, 5.41) is 12.0. The zero-order valence-corrected chi connectivity index (χ0v) is 15.5. The van der Waals surface area contributed by atoms with Gasteiger partial charge in [0.05, 0.1) is 23.9 Å². The van der Waals surface area contributed by atoms with Crippen LogP contribution in [0.4, 0.5) is 0 Å². The molecule has 4 atom stereocenters. The molecular weight excluding hydrogens is 330 g/mol. The van der Waals surface area contributed by atoms with Crippen LogP contribution in [0.15, 0.2) is 36.3 Å². The highest BCUT2D eigenvalue weighted by Gasteiger charge is 2.71. The molecule has 0 saturated carbocycles. The predicted molar refractivity (Wildman–Crippen MR) is 97.4 cm³/mol. The Morgan fingerprint density at radius 1 is 1.42 bits per heavy atom. The zero-order valence-electron chi connectivity index (χ0n) is 15.5. The lowest BCUT2D eigenvalue weighted by Gasteiger charge is -2.61. The molecule has 1 saturated heterocycles. The fourth-order valence-electron chi connectivity index (χ4n) is 5.79. The van der Waals surface area contributed by atoms with Crippen molar-refractivity contribution in [3.63, 3.8) is 0 Å². The number of rotatable bonds is 3. The Morgan fingerprint density at radius 2 is 2.23 bits per heavy atom. The van der Waals surface area contributed by atoms with Crippen LogP contribution in [0.3, 0.4) is 0 Å². The molecule has 1 aromatic carbocycles. The first kappa shape index (κ1) is 16.2. The topological polar surface area (TPSA) is 51.2 Å². The van der Waals surface area contributed by atoms with Gasteiger partial charge < -0.3 is 24.2 Å². The molecule has 0 amide bonds. The van der Waals surface area contributed by atoms with Gasteiger partial charge in [-0.3, -0.25) is 0 Å². The number of hydrogen-bond acceptors (Lipinski definition) is 5. The molecule has 138 valence electrons. The average molecular weight is 355 g/mol. The number of nitrogens with zero attached hydrogens (tertiary/aromatic N) is 1. The summed E-state index contributed by atoms with van der Waals surface area (Å²) in [5.74, 6) is 2.89. The molecule has 1 fully saturated rings. The van der Waals surface area contributed by atoms with E-state index in [0.29, 0.717) is 12.2 Å². The predicted octanol–water partition coefficient (Wildman–Crippen LogP) is 2.52. The Bertz CT molecular complexity index is 847. The summed E-state index contributed by atoms with van der Waals surface area (Å²) in [6, 6.07) is 4.18. The minimum Gasteiger partial charge on any atom is -0.493 e. The quantitative estimate of drug-likeness (QED) is 0.845. The van der Waals surface area contributed by atoms with Gasteiger partial charge in [-0.2, -0.15) is 0 Å². The molecule has 1 N–H and O–H groups in total. The Kier molecular flexibility index (Phi) is 3.15. The van der Waals surface area contributed by atoms with Crippen LogP contribution < -0.4 is 9.47 Å². The molecule has 2 aliphatic heterocycles. The lowest BCUT2D eigenvalue weighted by Crippen LogP contribution is -2.74. The summed E-state index contributed by atoms with van der Waals surface area (Å²) in [4.78, 5) is 2.30. The fourth-order valence-corrected chi connectivity index (χ4v) is 5.79. The fraction of sp³-hybridized carbons (Fsp3) is 0.524. The van der Waals surface area contributed by atoms with Crippen LogP contribution in [0.5, 0.6) is 11.5 Å². The second-order valence-electron chi connectivity index (χ2n) is 8.09. The Morgan fingerprint density at radius 3 is 2.96 bits per heavy atom. The van der Waals surface area contributed by atoms with E-state index in [-0.39, 0.29) is 12.1 Å². The number of likely N-dealkylation sites (N-methyl/N-ethyl adjacent to an activating group) is 1. The summed E-state index contributed by atoms with van der Waals surface area (Å²) < 4.78 is 18.0. The first-order valence-corrected chi connectivity index (χ1v) is 9.25. The van der Waals surface area contributed by atoms with Gasteiger partial charge in [-0.15, -0.1) is 0 Å². The lowest BCUT2D eigenvalue weighted by molar-refractivity contribution is -0.163. The van der Waals surface area contributed by atoms with E-state index in [4.69, 9.17) is 14.2 Å². The van der Waals surface area contributed by atoms with Gasteiger partial charge in [0.1, 0.15) is 5.76 Å². The van der Waals surface area contributed by atoms with Crippen LogP contribution >= 0.6 is 0 Å². The van der Waals surface area contributed by atoms with E-state index >= 15 is 0 Å².